The number of nitrogens with zero attached hydrogens (tertiary/aromatic N) is 1. The Balaban J connectivity index is 2.70. The molecule has 1 rings (SSSR count). The molecular weight excluding hydrogens is 261 g/mol. The van der Waals surface area contributed by atoms with Gasteiger partial charge in [0.05, 0.1) is 0 Å². The second-order valence-corrected chi connectivity index (χ2v) is 4.86. The third-order valence-electron chi connectivity index (χ3n) is 1.79. The molecule has 0 spiro atoms. The number of alkyl halides is 3. The minimum atomic E-state index is -4.86. The standard InChI is InChI=1S/C8H9F3N2O3S/c9-8(10,11)7(14)5-13-17(15,16)6-2-1-3-12-4-6/h1-4,7,13-14H,5H2. The van der Waals surface area contributed by atoms with Crippen LogP contribution in [-0.2, 0) is 10.0 Å². The lowest BCUT2D eigenvalue weighted by Crippen LogP contribution is -2.40. The molecule has 0 aliphatic carbocycles. The molecular formula is C8H9F3N2O3S. The lowest BCUT2D eigenvalue weighted by Gasteiger charge is -2.14. The molecule has 0 aliphatic heterocycles. The van der Waals surface area contributed by atoms with E-state index in [1.807, 2.05) is 0 Å². The van der Waals surface area contributed by atoms with Crippen LogP contribution in [0.4, 0.5) is 13.2 Å². The fourth-order valence-corrected chi connectivity index (χ4v) is 1.90. The van der Waals surface area contributed by atoms with Crippen molar-refractivity contribution >= 4 is 10.0 Å². The zero-order valence-corrected chi connectivity index (χ0v) is 9.16. The van der Waals surface area contributed by atoms with Crippen molar-refractivity contribution in [2.75, 3.05) is 6.54 Å². The second-order valence-electron chi connectivity index (χ2n) is 3.10. The van der Waals surface area contributed by atoms with Gasteiger partial charge in [-0.3, -0.25) is 4.98 Å². The van der Waals surface area contributed by atoms with E-state index in [0.717, 1.165) is 6.20 Å². The van der Waals surface area contributed by atoms with Gasteiger partial charge >= 0.3 is 6.18 Å². The normalized spacial score (nSPS) is 14.6. The first-order chi connectivity index (χ1) is 7.73. The highest BCUT2D eigenvalue weighted by Gasteiger charge is 2.38. The van der Waals surface area contributed by atoms with Crippen molar-refractivity contribution in [1.82, 2.24) is 9.71 Å². The van der Waals surface area contributed by atoms with E-state index in [-0.39, 0.29) is 4.90 Å². The molecule has 17 heavy (non-hydrogen) atoms. The van der Waals surface area contributed by atoms with Gasteiger partial charge in [-0.25, -0.2) is 13.1 Å². The van der Waals surface area contributed by atoms with Crippen molar-refractivity contribution in [3.63, 3.8) is 0 Å². The summed E-state index contributed by atoms with van der Waals surface area (Å²) in [6.07, 6.45) is -5.29. The van der Waals surface area contributed by atoms with E-state index in [9.17, 15) is 21.6 Å². The molecule has 0 fully saturated rings. The minimum Gasteiger partial charge on any atom is -0.382 e. The van der Waals surface area contributed by atoms with E-state index in [2.05, 4.69) is 4.98 Å². The number of pyridine rings is 1. The van der Waals surface area contributed by atoms with Gasteiger partial charge in [-0.05, 0) is 12.1 Å². The Morgan fingerprint density at radius 1 is 1.47 bits per heavy atom. The summed E-state index contributed by atoms with van der Waals surface area (Å²) in [6.45, 7) is -1.14. The molecule has 2 N–H and O–H groups in total. The summed E-state index contributed by atoms with van der Waals surface area (Å²) in [4.78, 5) is 3.25. The monoisotopic (exact) mass is 270 g/mol. The molecule has 1 aromatic rings. The highest BCUT2D eigenvalue weighted by atomic mass is 32.2. The van der Waals surface area contributed by atoms with E-state index in [1.165, 1.54) is 18.3 Å². The maximum Gasteiger partial charge on any atom is 0.415 e. The van der Waals surface area contributed by atoms with Gasteiger partial charge in [-0.2, -0.15) is 13.2 Å². The van der Waals surface area contributed by atoms with E-state index in [0.29, 0.717) is 0 Å². The highest BCUT2D eigenvalue weighted by molar-refractivity contribution is 7.89. The summed E-state index contributed by atoms with van der Waals surface area (Å²) in [5, 5.41) is 8.63. The molecule has 5 nitrogen and oxygen atoms in total. The van der Waals surface area contributed by atoms with Crippen molar-refractivity contribution in [2.24, 2.45) is 0 Å². The first-order valence-corrected chi connectivity index (χ1v) is 5.86. The molecule has 1 heterocycles. The van der Waals surface area contributed by atoms with E-state index >= 15 is 0 Å². The number of halogens is 3. The molecule has 0 radical (unpaired) electrons. The topological polar surface area (TPSA) is 79.3 Å². The molecule has 0 bridgehead atoms. The molecule has 0 aliphatic rings. The number of aliphatic hydroxyl groups excluding tert-OH is 1. The number of nitrogens with one attached hydrogen (secondary N) is 1. The molecule has 1 unspecified atom stereocenters. The molecule has 0 saturated carbocycles. The summed E-state index contributed by atoms with van der Waals surface area (Å²) < 4.78 is 60.3. The molecule has 96 valence electrons. The second kappa shape index (κ2) is 4.98. The van der Waals surface area contributed by atoms with Crippen LogP contribution in [0.25, 0.3) is 0 Å². The third kappa shape index (κ3) is 3.95. The van der Waals surface area contributed by atoms with Crippen LogP contribution in [0, 0.1) is 0 Å². The van der Waals surface area contributed by atoms with Crippen LogP contribution < -0.4 is 4.72 Å². The zero-order chi connectivity index (χ0) is 13.1. The minimum absolute atomic E-state index is 0.269. The van der Waals surface area contributed by atoms with Crippen molar-refractivity contribution in [3.8, 4) is 0 Å². The van der Waals surface area contributed by atoms with Gasteiger partial charge in [0, 0.05) is 18.9 Å². The summed E-state index contributed by atoms with van der Waals surface area (Å²) in [6, 6.07) is 2.50. The fraction of sp³-hybridized carbons (Fsp3) is 0.375. The van der Waals surface area contributed by atoms with Crippen LogP contribution in [0.15, 0.2) is 29.4 Å². The largest absolute Gasteiger partial charge is 0.415 e. The predicted octanol–water partition coefficient (Wildman–Crippen LogP) is 0.283. The number of sulfonamides is 1. The SMILES string of the molecule is O=S(=O)(NCC(O)C(F)(F)F)c1cccnc1. The number of hydrogen-bond acceptors (Lipinski definition) is 4. The van der Waals surface area contributed by atoms with Crippen LogP contribution in [0.3, 0.4) is 0 Å². The highest BCUT2D eigenvalue weighted by Crippen LogP contribution is 2.19. The average molecular weight is 270 g/mol. The summed E-state index contributed by atoms with van der Waals surface area (Å²) in [7, 11) is -4.09. The van der Waals surface area contributed by atoms with Gasteiger partial charge in [0.2, 0.25) is 10.0 Å². The summed E-state index contributed by atoms with van der Waals surface area (Å²) in [5.41, 5.74) is 0. The fourth-order valence-electron chi connectivity index (χ4n) is 0.894. The number of aliphatic hydroxyl groups is 1. The average Bonchev–Trinajstić information content (AvgIpc) is 2.26. The Bertz CT molecular complexity index is 461. The number of rotatable bonds is 4. The summed E-state index contributed by atoms with van der Waals surface area (Å²) >= 11 is 0. The van der Waals surface area contributed by atoms with Gasteiger partial charge in [0.15, 0.2) is 6.10 Å². The number of aromatic nitrogens is 1. The predicted molar refractivity (Wildman–Crippen MR) is 51.5 cm³/mol. The van der Waals surface area contributed by atoms with Crippen LogP contribution in [0.5, 0.6) is 0 Å². The van der Waals surface area contributed by atoms with E-state index in [1.54, 1.807) is 4.72 Å². The maximum atomic E-state index is 11.9. The van der Waals surface area contributed by atoms with Crippen LogP contribution >= 0.6 is 0 Å². The van der Waals surface area contributed by atoms with Crippen LogP contribution in [0.1, 0.15) is 0 Å². The first kappa shape index (κ1) is 13.9. The Hall–Kier alpha value is -1.19. The van der Waals surface area contributed by atoms with Crippen molar-refractivity contribution in [3.05, 3.63) is 24.5 Å². The van der Waals surface area contributed by atoms with Crippen molar-refractivity contribution in [1.29, 1.82) is 0 Å². The van der Waals surface area contributed by atoms with Crippen LogP contribution in [0.2, 0.25) is 0 Å². The molecule has 1 aromatic heterocycles. The molecule has 1 atom stereocenters. The zero-order valence-electron chi connectivity index (χ0n) is 8.35. The smallest absolute Gasteiger partial charge is 0.382 e. The van der Waals surface area contributed by atoms with Gasteiger partial charge < -0.3 is 5.11 Å². The lowest BCUT2D eigenvalue weighted by atomic mass is 10.4. The Labute approximate surface area is 95.3 Å². The first-order valence-electron chi connectivity index (χ1n) is 4.38. The molecule has 0 amide bonds. The number of hydrogen-bond donors (Lipinski definition) is 2. The van der Waals surface area contributed by atoms with Gasteiger partial charge in [-0.1, -0.05) is 0 Å². The summed E-state index contributed by atoms with van der Waals surface area (Å²) in [5.74, 6) is 0. The molecule has 0 saturated heterocycles. The third-order valence-corrected chi connectivity index (χ3v) is 3.20. The quantitative estimate of drug-likeness (QED) is 0.823. The van der Waals surface area contributed by atoms with Crippen LogP contribution in [-0.4, -0.2) is 37.3 Å². The Morgan fingerprint density at radius 2 is 2.12 bits per heavy atom. The van der Waals surface area contributed by atoms with E-state index in [4.69, 9.17) is 5.11 Å². The molecule has 0 aromatic carbocycles. The van der Waals surface area contributed by atoms with E-state index < -0.39 is 28.8 Å². The molecule has 9 heteroatoms. The van der Waals surface area contributed by atoms with Crippen molar-refractivity contribution in [2.45, 2.75) is 17.2 Å². The maximum absolute atomic E-state index is 11.9. The van der Waals surface area contributed by atoms with Gasteiger partial charge in [0.1, 0.15) is 4.90 Å². The Kier molecular flexibility index (Phi) is 4.07. The lowest BCUT2D eigenvalue weighted by molar-refractivity contribution is -0.200. The van der Waals surface area contributed by atoms with Crippen molar-refractivity contribution < 1.29 is 26.7 Å². The van der Waals surface area contributed by atoms with Gasteiger partial charge in [-0.15, -0.1) is 0 Å². The van der Waals surface area contributed by atoms with Gasteiger partial charge in [0.25, 0.3) is 0 Å². The Morgan fingerprint density at radius 3 is 2.59 bits per heavy atom.